The Morgan fingerprint density at radius 1 is 0.520 bits per heavy atom. The van der Waals surface area contributed by atoms with Crippen LogP contribution >= 0.6 is 0 Å². The third kappa shape index (κ3) is 3.02. The minimum Gasteiger partial charge on any atom is -0.277 e. The van der Waals surface area contributed by atoms with Gasteiger partial charge in [-0.05, 0) is 34.9 Å². The van der Waals surface area contributed by atoms with Crippen molar-refractivity contribution in [3.05, 3.63) is 113 Å². The Balaban J connectivity index is 2.01. The molecule has 25 heavy (non-hydrogen) atoms. The maximum atomic E-state index is 13.0. The number of rotatable bonds is 3. The van der Waals surface area contributed by atoms with E-state index in [1.807, 2.05) is 91.0 Å². The van der Waals surface area contributed by atoms with E-state index >= 15 is 0 Å². The first-order chi connectivity index (χ1) is 12.3. The number of pyridine rings is 1. The van der Waals surface area contributed by atoms with E-state index in [1.165, 1.54) is 0 Å². The second-order valence-corrected chi connectivity index (χ2v) is 5.87. The van der Waals surface area contributed by atoms with E-state index in [0.29, 0.717) is 0 Å². The van der Waals surface area contributed by atoms with Crippen molar-refractivity contribution < 1.29 is 0 Å². The van der Waals surface area contributed by atoms with Gasteiger partial charge in [-0.25, -0.2) is 0 Å². The molecule has 120 valence electrons. The van der Waals surface area contributed by atoms with E-state index in [9.17, 15) is 4.79 Å². The van der Waals surface area contributed by atoms with Crippen LogP contribution in [-0.4, -0.2) is 4.57 Å². The van der Waals surface area contributed by atoms with E-state index < -0.39 is 0 Å². The molecule has 4 aromatic rings. The summed E-state index contributed by atoms with van der Waals surface area (Å²) in [6.45, 7) is 0. The number of aromatic nitrogens is 1. The third-order valence-electron chi connectivity index (χ3n) is 4.22. The van der Waals surface area contributed by atoms with Gasteiger partial charge in [0.05, 0.1) is 5.69 Å². The minimum atomic E-state index is -0.0357. The number of benzene rings is 3. The molecule has 0 aliphatic heterocycles. The summed E-state index contributed by atoms with van der Waals surface area (Å²) < 4.78 is 1.77. The smallest absolute Gasteiger partial charge is 0.256 e. The Hall–Kier alpha value is -3.39. The molecule has 2 heteroatoms. The molecule has 0 aliphatic rings. The molecule has 2 nitrogen and oxygen atoms in total. The van der Waals surface area contributed by atoms with Crippen LogP contribution in [0.2, 0.25) is 0 Å². The van der Waals surface area contributed by atoms with Crippen molar-refractivity contribution in [3.8, 4) is 28.1 Å². The van der Waals surface area contributed by atoms with Crippen molar-refractivity contribution in [1.29, 1.82) is 0 Å². The Kier molecular flexibility index (Phi) is 4.01. The van der Waals surface area contributed by atoms with Crippen molar-refractivity contribution in [3.63, 3.8) is 0 Å². The van der Waals surface area contributed by atoms with Crippen molar-refractivity contribution >= 4 is 0 Å². The molecule has 0 N–H and O–H groups in total. The molecule has 0 spiro atoms. The lowest BCUT2D eigenvalue weighted by atomic mass is 10.0. The van der Waals surface area contributed by atoms with Crippen LogP contribution in [0, 0.1) is 0 Å². The van der Waals surface area contributed by atoms with Crippen molar-refractivity contribution in [1.82, 2.24) is 4.57 Å². The average Bonchev–Trinajstić information content (AvgIpc) is 2.69. The number of hydrogen-bond donors (Lipinski definition) is 0. The highest BCUT2D eigenvalue weighted by Crippen LogP contribution is 2.26. The highest BCUT2D eigenvalue weighted by Gasteiger charge is 2.11. The van der Waals surface area contributed by atoms with Crippen LogP contribution in [0.25, 0.3) is 28.1 Å². The number of para-hydroxylation sites is 1. The van der Waals surface area contributed by atoms with Gasteiger partial charge < -0.3 is 0 Å². The van der Waals surface area contributed by atoms with Crippen LogP contribution in [-0.2, 0) is 0 Å². The molecule has 0 amide bonds. The number of hydrogen-bond acceptors (Lipinski definition) is 1. The second-order valence-electron chi connectivity index (χ2n) is 5.87. The molecule has 0 radical (unpaired) electrons. The first kappa shape index (κ1) is 15.2. The summed E-state index contributed by atoms with van der Waals surface area (Å²) in [6.07, 6.45) is 0. The monoisotopic (exact) mass is 323 g/mol. The summed E-state index contributed by atoms with van der Waals surface area (Å²) in [6, 6.07) is 33.6. The molecule has 0 aliphatic carbocycles. The summed E-state index contributed by atoms with van der Waals surface area (Å²) in [7, 11) is 0. The molecule has 0 saturated carbocycles. The predicted molar refractivity (Wildman–Crippen MR) is 103 cm³/mol. The van der Waals surface area contributed by atoms with Crippen molar-refractivity contribution in [2.75, 3.05) is 0 Å². The Bertz CT molecular complexity index is 1040. The number of nitrogens with zero attached hydrogens (tertiary/aromatic N) is 1. The van der Waals surface area contributed by atoms with E-state index in [2.05, 4.69) is 6.07 Å². The lowest BCUT2D eigenvalue weighted by Gasteiger charge is -2.15. The lowest BCUT2D eigenvalue weighted by molar-refractivity contribution is 1.00. The fraction of sp³-hybridized carbons (Fsp3) is 0. The molecule has 0 unspecified atom stereocenters. The zero-order valence-electron chi connectivity index (χ0n) is 13.7. The molecule has 1 aromatic heterocycles. The van der Waals surface area contributed by atoms with Crippen LogP contribution in [0.1, 0.15) is 0 Å². The van der Waals surface area contributed by atoms with E-state index in [0.717, 1.165) is 28.1 Å². The fourth-order valence-corrected chi connectivity index (χ4v) is 3.03. The van der Waals surface area contributed by atoms with E-state index in [-0.39, 0.29) is 5.56 Å². The average molecular weight is 323 g/mol. The maximum Gasteiger partial charge on any atom is 0.256 e. The molecule has 0 fully saturated rings. The first-order valence-electron chi connectivity index (χ1n) is 8.26. The lowest BCUT2D eigenvalue weighted by Crippen LogP contribution is -2.19. The van der Waals surface area contributed by atoms with Gasteiger partial charge in [0.1, 0.15) is 0 Å². The van der Waals surface area contributed by atoms with Gasteiger partial charge in [0.15, 0.2) is 0 Å². The molecule has 0 atom stereocenters. The summed E-state index contributed by atoms with van der Waals surface area (Å²) >= 11 is 0. The highest BCUT2D eigenvalue weighted by atomic mass is 16.1. The zero-order valence-corrected chi connectivity index (χ0v) is 13.7. The summed E-state index contributed by atoms with van der Waals surface area (Å²) in [4.78, 5) is 13.0. The fourth-order valence-electron chi connectivity index (χ4n) is 3.03. The van der Waals surface area contributed by atoms with Gasteiger partial charge in [0.25, 0.3) is 5.56 Å². The first-order valence-corrected chi connectivity index (χ1v) is 8.26. The Labute approximate surface area is 146 Å². The van der Waals surface area contributed by atoms with E-state index in [4.69, 9.17) is 0 Å². The topological polar surface area (TPSA) is 22.0 Å². The second kappa shape index (κ2) is 6.62. The molecule has 1 heterocycles. The van der Waals surface area contributed by atoms with Gasteiger partial charge in [-0.3, -0.25) is 9.36 Å². The van der Waals surface area contributed by atoms with Gasteiger partial charge >= 0.3 is 0 Å². The molecule has 3 aromatic carbocycles. The SMILES string of the molecule is O=c1cc(-c2ccccc2)cc(-c2ccccc2)n1-c1ccccc1. The molecule has 0 saturated heterocycles. The Morgan fingerprint density at radius 2 is 1.04 bits per heavy atom. The summed E-state index contributed by atoms with van der Waals surface area (Å²) in [5.74, 6) is 0. The van der Waals surface area contributed by atoms with Gasteiger partial charge in [0, 0.05) is 11.8 Å². The molecular weight excluding hydrogens is 306 g/mol. The molecule has 0 bridgehead atoms. The van der Waals surface area contributed by atoms with Crippen LogP contribution in [0.15, 0.2) is 108 Å². The molecular formula is C23H17NO. The van der Waals surface area contributed by atoms with Crippen LogP contribution < -0.4 is 5.56 Å². The van der Waals surface area contributed by atoms with Crippen LogP contribution in [0.5, 0.6) is 0 Å². The molecule has 4 rings (SSSR count). The van der Waals surface area contributed by atoms with Gasteiger partial charge in [-0.2, -0.15) is 0 Å². The van der Waals surface area contributed by atoms with Crippen molar-refractivity contribution in [2.24, 2.45) is 0 Å². The van der Waals surface area contributed by atoms with E-state index in [1.54, 1.807) is 10.6 Å². The summed E-state index contributed by atoms with van der Waals surface area (Å²) in [5.41, 5.74) is 4.70. The quantitative estimate of drug-likeness (QED) is 0.510. The maximum absolute atomic E-state index is 13.0. The summed E-state index contributed by atoms with van der Waals surface area (Å²) in [5, 5.41) is 0. The zero-order chi connectivity index (χ0) is 17.1. The van der Waals surface area contributed by atoms with Gasteiger partial charge in [-0.15, -0.1) is 0 Å². The minimum absolute atomic E-state index is 0.0357. The Morgan fingerprint density at radius 3 is 1.64 bits per heavy atom. The third-order valence-corrected chi connectivity index (χ3v) is 4.22. The van der Waals surface area contributed by atoms with Crippen LogP contribution in [0.4, 0.5) is 0 Å². The normalized spacial score (nSPS) is 10.6. The largest absolute Gasteiger partial charge is 0.277 e. The van der Waals surface area contributed by atoms with Gasteiger partial charge in [0.2, 0.25) is 0 Å². The predicted octanol–water partition coefficient (Wildman–Crippen LogP) is 5.17. The van der Waals surface area contributed by atoms with Crippen molar-refractivity contribution in [2.45, 2.75) is 0 Å². The highest BCUT2D eigenvalue weighted by molar-refractivity contribution is 5.72. The van der Waals surface area contributed by atoms with Gasteiger partial charge in [-0.1, -0.05) is 78.9 Å². The van der Waals surface area contributed by atoms with Crippen LogP contribution in [0.3, 0.4) is 0 Å². The standard InChI is InChI=1S/C23H17NO/c25-23-17-20(18-10-4-1-5-11-18)16-22(19-12-6-2-7-13-19)24(23)21-14-8-3-9-15-21/h1-17H.